The van der Waals surface area contributed by atoms with Crippen molar-refractivity contribution in [3.05, 3.63) is 40.7 Å². The van der Waals surface area contributed by atoms with Crippen LogP contribution in [0.2, 0.25) is 0 Å². The third kappa shape index (κ3) is 6.24. The van der Waals surface area contributed by atoms with E-state index < -0.39 is 0 Å². The Labute approximate surface area is 203 Å². The van der Waals surface area contributed by atoms with E-state index in [4.69, 9.17) is 15.7 Å². The lowest BCUT2D eigenvalue weighted by molar-refractivity contribution is 0.0963. The third-order valence-electron chi connectivity index (χ3n) is 5.90. The number of nitrogens with zero attached hydrogens (tertiary/aromatic N) is 4. The highest BCUT2D eigenvalue weighted by Gasteiger charge is 2.27. The van der Waals surface area contributed by atoms with Crippen molar-refractivity contribution in [3.63, 3.8) is 0 Å². The van der Waals surface area contributed by atoms with Crippen LogP contribution >= 0.6 is 0 Å². The van der Waals surface area contributed by atoms with Crippen molar-refractivity contribution in [2.75, 3.05) is 32.0 Å². The van der Waals surface area contributed by atoms with Crippen LogP contribution in [0.3, 0.4) is 0 Å². The minimum Gasteiger partial charge on any atom is -0.355 e. The topological polar surface area (TPSA) is 101 Å². The van der Waals surface area contributed by atoms with E-state index in [9.17, 15) is 4.79 Å². The normalized spacial score (nSPS) is 17.5. The molecule has 2 aromatic rings. The summed E-state index contributed by atoms with van der Waals surface area (Å²) in [5, 5.41) is 7.00. The zero-order valence-electron chi connectivity index (χ0n) is 21.5. The maximum Gasteiger partial charge on any atom is 0.251 e. The molecule has 0 spiro atoms. The number of hydrogen-bond donors (Lipinski definition) is 3. The van der Waals surface area contributed by atoms with E-state index in [0.29, 0.717) is 23.9 Å². The number of benzene rings is 1. The van der Waals surface area contributed by atoms with Gasteiger partial charge in [-0.05, 0) is 55.1 Å². The first-order chi connectivity index (χ1) is 16.2. The van der Waals surface area contributed by atoms with Gasteiger partial charge in [-0.15, -0.1) is 0 Å². The second-order valence-corrected chi connectivity index (χ2v) is 10.0. The Bertz CT molecular complexity index is 1060. The van der Waals surface area contributed by atoms with Gasteiger partial charge in [0, 0.05) is 43.9 Å². The molecule has 4 N–H and O–H groups in total. The number of rotatable bonds is 11. The third-order valence-corrected chi connectivity index (χ3v) is 5.90. The molecule has 34 heavy (non-hydrogen) atoms. The standard InChI is InChI=1S/C26H41N7O/c1-17(2)15-32(16-18(3)4)23-19(5)14-22-24(31-23)33(13-7-12-27)26(30-22)29-21-10-8-20(9-11-21)25(34)28-6/h8-11,14,17-19,23H,7,12-13,15-16,27H2,1-6H3,(H,28,34)(H,29,30). The number of carbonyl (C=O) groups excluding carboxylic acids is 1. The molecule has 1 aliphatic heterocycles. The average molecular weight is 468 g/mol. The molecular weight excluding hydrogens is 426 g/mol. The molecule has 1 amide bonds. The predicted molar refractivity (Wildman–Crippen MR) is 138 cm³/mol. The second kappa shape index (κ2) is 11.6. The minimum absolute atomic E-state index is 0.0883. The minimum atomic E-state index is -0.104. The van der Waals surface area contributed by atoms with Gasteiger partial charge in [-0.25, -0.2) is 9.98 Å². The van der Waals surface area contributed by atoms with E-state index in [1.54, 1.807) is 19.2 Å². The molecule has 0 radical (unpaired) electrons. The Kier molecular flexibility index (Phi) is 8.85. The Morgan fingerprint density at radius 1 is 1.15 bits per heavy atom. The maximum atomic E-state index is 11.9. The summed E-state index contributed by atoms with van der Waals surface area (Å²) in [6, 6.07) is 7.40. The van der Waals surface area contributed by atoms with Gasteiger partial charge in [-0.2, -0.15) is 0 Å². The molecule has 8 nitrogen and oxygen atoms in total. The van der Waals surface area contributed by atoms with Gasteiger partial charge in [-0.3, -0.25) is 14.3 Å². The Hall–Kier alpha value is -2.71. The number of imidazole rings is 1. The van der Waals surface area contributed by atoms with E-state index in [2.05, 4.69) is 60.8 Å². The number of amides is 1. The molecular formula is C26H41N7O. The first kappa shape index (κ1) is 25.9. The maximum absolute atomic E-state index is 11.9. The van der Waals surface area contributed by atoms with Crippen LogP contribution in [0.15, 0.2) is 29.3 Å². The molecule has 2 unspecified atom stereocenters. The number of hydrogen-bond acceptors (Lipinski definition) is 6. The summed E-state index contributed by atoms with van der Waals surface area (Å²) in [5.74, 6) is 2.05. The number of fused-ring (bicyclic) bond motifs is 1. The van der Waals surface area contributed by atoms with Gasteiger partial charge in [0.25, 0.3) is 5.91 Å². The lowest BCUT2D eigenvalue weighted by Crippen LogP contribution is -2.48. The molecule has 0 saturated heterocycles. The molecule has 0 aliphatic carbocycles. The molecule has 2 heterocycles. The second-order valence-electron chi connectivity index (χ2n) is 10.0. The summed E-state index contributed by atoms with van der Waals surface area (Å²) in [7, 11) is 1.63. The van der Waals surface area contributed by atoms with Gasteiger partial charge in [0.2, 0.25) is 5.95 Å². The molecule has 8 heteroatoms. The van der Waals surface area contributed by atoms with E-state index in [1.165, 1.54) is 0 Å². The van der Waals surface area contributed by atoms with Crippen LogP contribution < -0.4 is 27.2 Å². The van der Waals surface area contributed by atoms with Crippen molar-refractivity contribution >= 4 is 23.6 Å². The highest BCUT2D eigenvalue weighted by Crippen LogP contribution is 2.20. The van der Waals surface area contributed by atoms with Gasteiger partial charge in [-0.1, -0.05) is 34.6 Å². The molecule has 1 aliphatic rings. The van der Waals surface area contributed by atoms with Crippen LogP contribution in [0.25, 0.3) is 6.08 Å². The highest BCUT2D eigenvalue weighted by atomic mass is 16.1. The Balaban J connectivity index is 1.99. The summed E-state index contributed by atoms with van der Waals surface area (Å²) in [6.07, 6.45) is 3.18. The van der Waals surface area contributed by atoms with E-state index >= 15 is 0 Å². The quantitative estimate of drug-likeness (QED) is 0.471. The van der Waals surface area contributed by atoms with Crippen molar-refractivity contribution in [2.24, 2.45) is 28.5 Å². The van der Waals surface area contributed by atoms with Crippen LogP contribution in [0.5, 0.6) is 0 Å². The summed E-state index contributed by atoms with van der Waals surface area (Å²) >= 11 is 0. The summed E-state index contributed by atoms with van der Waals surface area (Å²) in [5.41, 5.74) is 8.26. The lowest BCUT2D eigenvalue weighted by atomic mass is 10.0. The van der Waals surface area contributed by atoms with E-state index in [0.717, 1.165) is 48.5 Å². The molecule has 3 rings (SSSR count). The van der Waals surface area contributed by atoms with E-state index in [1.807, 2.05) is 12.1 Å². The summed E-state index contributed by atoms with van der Waals surface area (Å²) < 4.78 is 2.15. The molecule has 186 valence electrons. The smallest absolute Gasteiger partial charge is 0.251 e. The summed E-state index contributed by atoms with van der Waals surface area (Å²) in [6.45, 7) is 14.6. The van der Waals surface area contributed by atoms with Crippen LogP contribution in [-0.4, -0.2) is 53.2 Å². The number of carbonyl (C=O) groups is 1. The SMILES string of the molecule is CNC(=O)c1ccc(Nc2nc3c(n2CCCN)=NC(N(CC(C)C)CC(C)C)C(C)C=3)cc1. The number of nitrogens with two attached hydrogens (primary N) is 1. The van der Waals surface area contributed by atoms with Gasteiger partial charge in [0.15, 0.2) is 5.49 Å². The van der Waals surface area contributed by atoms with Gasteiger partial charge < -0.3 is 16.4 Å². The first-order valence-corrected chi connectivity index (χ1v) is 12.4. The zero-order chi connectivity index (χ0) is 24.8. The molecule has 0 saturated carbocycles. The first-order valence-electron chi connectivity index (χ1n) is 12.4. The van der Waals surface area contributed by atoms with Crippen LogP contribution in [0, 0.1) is 17.8 Å². The predicted octanol–water partition coefficient (Wildman–Crippen LogP) is 2.33. The number of nitrogens with one attached hydrogen (secondary N) is 2. The van der Waals surface area contributed by atoms with Crippen LogP contribution in [0.4, 0.5) is 11.6 Å². The molecule has 0 bridgehead atoms. The fourth-order valence-corrected chi connectivity index (χ4v) is 4.47. The van der Waals surface area contributed by atoms with Crippen molar-refractivity contribution in [1.29, 1.82) is 0 Å². The van der Waals surface area contributed by atoms with Crippen molar-refractivity contribution in [1.82, 2.24) is 19.8 Å². The average Bonchev–Trinajstić information content (AvgIpc) is 3.11. The molecule has 0 fully saturated rings. The fourth-order valence-electron chi connectivity index (χ4n) is 4.47. The van der Waals surface area contributed by atoms with Crippen LogP contribution in [-0.2, 0) is 6.54 Å². The Morgan fingerprint density at radius 2 is 1.79 bits per heavy atom. The Morgan fingerprint density at radius 3 is 2.35 bits per heavy atom. The summed E-state index contributed by atoms with van der Waals surface area (Å²) in [4.78, 5) is 24.5. The lowest BCUT2D eigenvalue weighted by Gasteiger charge is -2.35. The van der Waals surface area contributed by atoms with Gasteiger partial charge in [0.05, 0.1) is 0 Å². The van der Waals surface area contributed by atoms with E-state index in [-0.39, 0.29) is 18.0 Å². The van der Waals surface area contributed by atoms with Crippen molar-refractivity contribution < 1.29 is 4.79 Å². The van der Waals surface area contributed by atoms with Crippen molar-refractivity contribution in [3.8, 4) is 0 Å². The highest BCUT2D eigenvalue weighted by molar-refractivity contribution is 5.94. The molecule has 1 aromatic heterocycles. The van der Waals surface area contributed by atoms with Crippen LogP contribution in [0.1, 0.15) is 51.4 Å². The number of anilines is 2. The zero-order valence-corrected chi connectivity index (χ0v) is 21.5. The largest absolute Gasteiger partial charge is 0.355 e. The van der Waals surface area contributed by atoms with Gasteiger partial charge >= 0.3 is 0 Å². The fraction of sp³-hybridized carbons (Fsp3) is 0.577. The monoisotopic (exact) mass is 467 g/mol. The van der Waals surface area contributed by atoms with Crippen molar-refractivity contribution in [2.45, 2.75) is 53.8 Å². The van der Waals surface area contributed by atoms with Gasteiger partial charge in [0.1, 0.15) is 11.5 Å². The molecule has 1 aromatic carbocycles. The number of aromatic nitrogens is 2. The molecule has 2 atom stereocenters.